The van der Waals surface area contributed by atoms with Crippen molar-refractivity contribution in [3.8, 4) is 11.1 Å². The fourth-order valence-corrected chi connectivity index (χ4v) is 4.88. The molecule has 0 spiro atoms. The van der Waals surface area contributed by atoms with Crippen molar-refractivity contribution >= 4 is 28.4 Å². The summed E-state index contributed by atoms with van der Waals surface area (Å²) in [6, 6.07) is 19.7. The monoisotopic (exact) mass is 515 g/mol. The molecule has 0 saturated heterocycles. The number of carbonyl (C=O) groups excluding carboxylic acids is 1. The van der Waals surface area contributed by atoms with Gasteiger partial charge in [-0.3, -0.25) is 9.78 Å². The molecule has 5 aromatic rings. The minimum atomic E-state index is -0.673. The number of aromatic nitrogens is 2. The lowest BCUT2D eigenvalue weighted by Gasteiger charge is -2.22. The second kappa shape index (κ2) is 10.5. The first kappa shape index (κ1) is 24.7. The van der Waals surface area contributed by atoms with Crippen LogP contribution in [0.1, 0.15) is 28.4 Å². The number of aryl methyl sites for hydroxylation is 1. The predicted molar refractivity (Wildman–Crippen MR) is 142 cm³/mol. The summed E-state index contributed by atoms with van der Waals surface area (Å²) in [5, 5.41) is 4.69. The van der Waals surface area contributed by atoms with Gasteiger partial charge in [0, 0.05) is 39.9 Å². The van der Waals surface area contributed by atoms with Gasteiger partial charge in [0.05, 0.1) is 18.2 Å². The molecule has 186 valence electrons. The third kappa shape index (κ3) is 5.54. The second-order valence-corrected chi connectivity index (χ2v) is 9.47. The zero-order valence-electron chi connectivity index (χ0n) is 20.1. The first-order valence-corrected chi connectivity index (χ1v) is 12.3. The van der Waals surface area contributed by atoms with Crippen LogP contribution in [-0.4, -0.2) is 15.9 Å². The van der Waals surface area contributed by atoms with Crippen LogP contribution >= 0.6 is 11.6 Å². The number of H-pyrrole nitrogens is 1. The fourth-order valence-electron chi connectivity index (χ4n) is 4.76. The number of aromatic amines is 1. The van der Waals surface area contributed by atoms with Crippen LogP contribution < -0.4 is 5.32 Å². The van der Waals surface area contributed by atoms with Gasteiger partial charge in [0.1, 0.15) is 11.6 Å². The number of hydrogen-bond acceptors (Lipinski definition) is 2. The molecule has 1 atom stereocenters. The van der Waals surface area contributed by atoms with Gasteiger partial charge in [-0.05, 0) is 72.0 Å². The molecule has 4 nitrogen and oxygen atoms in total. The van der Waals surface area contributed by atoms with E-state index in [1.54, 1.807) is 18.3 Å². The first-order valence-electron chi connectivity index (χ1n) is 11.9. The van der Waals surface area contributed by atoms with Crippen molar-refractivity contribution in [3.63, 3.8) is 0 Å². The molecule has 3 aromatic carbocycles. The van der Waals surface area contributed by atoms with E-state index in [1.165, 1.54) is 12.1 Å². The quantitative estimate of drug-likeness (QED) is 0.242. The molecule has 0 aliphatic heterocycles. The van der Waals surface area contributed by atoms with Gasteiger partial charge >= 0.3 is 0 Å². The van der Waals surface area contributed by atoms with Crippen LogP contribution in [0.5, 0.6) is 0 Å². The molecule has 0 radical (unpaired) electrons. The molecular formula is C30H24ClF2N3O. The van der Waals surface area contributed by atoms with Crippen molar-refractivity contribution < 1.29 is 13.6 Å². The highest BCUT2D eigenvalue weighted by molar-refractivity contribution is 6.30. The van der Waals surface area contributed by atoms with Crippen molar-refractivity contribution in [2.45, 2.75) is 25.8 Å². The Kier molecular flexibility index (Phi) is 7.01. The van der Waals surface area contributed by atoms with E-state index >= 15 is 0 Å². The summed E-state index contributed by atoms with van der Waals surface area (Å²) in [6.45, 7) is 2.01. The zero-order chi connectivity index (χ0) is 25.9. The van der Waals surface area contributed by atoms with E-state index in [4.69, 9.17) is 11.6 Å². The number of fused-ring (bicyclic) bond motifs is 1. The van der Waals surface area contributed by atoms with Gasteiger partial charge < -0.3 is 10.3 Å². The highest BCUT2D eigenvalue weighted by Gasteiger charge is 2.22. The van der Waals surface area contributed by atoms with Gasteiger partial charge in [-0.15, -0.1) is 0 Å². The molecule has 2 N–H and O–H groups in total. The van der Waals surface area contributed by atoms with Gasteiger partial charge in [0.2, 0.25) is 5.91 Å². The number of nitrogens with zero attached hydrogens (tertiary/aromatic N) is 1. The Hall–Kier alpha value is -4.03. The lowest BCUT2D eigenvalue weighted by Crippen LogP contribution is -2.32. The second-order valence-electron chi connectivity index (χ2n) is 9.03. The molecule has 37 heavy (non-hydrogen) atoms. The Morgan fingerprint density at radius 2 is 1.78 bits per heavy atom. The molecule has 1 unspecified atom stereocenters. The number of benzene rings is 3. The highest BCUT2D eigenvalue weighted by atomic mass is 35.5. The number of amides is 1. The van der Waals surface area contributed by atoms with E-state index in [2.05, 4.69) is 15.3 Å². The third-order valence-corrected chi connectivity index (χ3v) is 6.62. The van der Waals surface area contributed by atoms with E-state index in [0.29, 0.717) is 16.3 Å². The number of halogens is 3. The van der Waals surface area contributed by atoms with Crippen molar-refractivity contribution in [3.05, 3.63) is 124 Å². The molecule has 1 amide bonds. The van der Waals surface area contributed by atoms with E-state index < -0.39 is 17.7 Å². The number of rotatable bonds is 7. The Bertz CT molecular complexity index is 1560. The standard InChI is InChI=1S/C30H24ClF2N3O/c1-18-4-2-6-26-29(18)21(17-35-26)15-28(37)36-27(14-19-12-23(32)16-24(33)13-19)30-25(5-3-11-34-30)20-7-9-22(31)10-8-20/h2-13,16-17,27,35H,14-15H2,1H3,(H,36,37). The number of nitrogens with one attached hydrogen (secondary N) is 2. The third-order valence-electron chi connectivity index (χ3n) is 6.37. The molecule has 0 saturated carbocycles. The molecule has 5 rings (SSSR count). The maximum absolute atomic E-state index is 14.0. The Morgan fingerprint density at radius 1 is 1.03 bits per heavy atom. The molecule has 7 heteroatoms. The van der Waals surface area contributed by atoms with Crippen molar-refractivity contribution in [2.75, 3.05) is 0 Å². The molecule has 0 aliphatic carbocycles. The maximum atomic E-state index is 14.0. The summed E-state index contributed by atoms with van der Waals surface area (Å²) in [6.07, 6.45) is 3.78. The summed E-state index contributed by atoms with van der Waals surface area (Å²) in [7, 11) is 0. The van der Waals surface area contributed by atoms with Crippen LogP contribution in [0.4, 0.5) is 8.78 Å². The molecule has 0 fully saturated rings. The summed E-state index contributed by atoms with van der Waals surface area (Å²) < 4.78 is 28.0. The van der Waals surface area contributed by atoms with Crippen molar-refractivity contribution in [1.82, 2.24) is 15.3 Å². The van der Waals surface area contributed by atoms with E-state index in [1.807, 2.05) is 55.6 Å². The Labute approximate surface area is 218 Å². The average Bonchev–Trinajstić information content (AvgIpc) is 3.27. The van der Waals surface area contributed by atoms with Gasteiger partial charge in [-0.25, -0.2) is 8.78 Å². The van der Waals surface area contributed by atoms with Crippen molar-refractivity contribution in [2.24, 2.45) is 0 Å². The van der Waals surface area contributed by atoms with E-state index in [0.717, 1.165) is 39.2 Å². The SMILES string of the molecule is Cc1cccc2[nH]cc(CC(=O)NC(Cc3cc(F)cc(F)c3)c3ncccc3-c3ccc(Cl)cc3)c12. The molecular weight excluding hydrogens is 492 g/mol. The smallest absolute Gasteiger partial charge is 0.225 e. The van der Waals surface area contributed by atoms with Crippen LogP contribution in [0.25, 0.3) is 22.0 Å². The van der Waals surface area contributed by atoms with E-state index in [-0.39, 0.29) is 18.7 Å². The molecule has 2 aromatic heterocycles. The minimum Gasteiger partial charge on any atom is -0.361 e. The Balaban J connectivity index is 1.50. The lowest BCUT2D eigenvalue weighted by molar-refractivity contribution is -0.121. The Morgan fingerprint density at radius 3 is 2.54 bits per heavy atom. The van der Waals surface area contributed by atoms with Crippen LogP contribution in [-0.2, 0) is 17.6 Å². The summed E-state index contributed by atoms with van der Waals surface area (Å²) in [5.74, 6) is -1.57. The van der Waals surface area contributed by atoms with Crippen LogP contribution in [0.3, 0.4) is 0 Å². The molecule has 0 aliphatic rings. The predicted octanol–water partition coefficient (Wildman–Crippen LogP) is 7.11. The summed E-state index contributed by atoms with van der Waals surface area (Å²) in [4.78, 5) is 21.2. The normalized spacial score (nSPS) is 12.0. The minimum absolute atomic E-state index is 0.141. The topological polar surface area (TPSA) is 57.8 Å². The first-order chi connectivity index (χ1) is 17.9. The lowest BCUT2D eigenvalue weighted by atomic mass is 9.95. The van der Waals surface area contributed by atoms with E-state index in [9.17, 15) is 13.6 Å². The van der Waals surface area contributed by atoms with Gasteiger partial charge in [-0.2, -0.15) is 0 Å². The molecule has 2 heterocycles. The summed E-state index contributed by atoms with van der Waals surface area (Å²) in [5.41, 5.74) is 5.58. The van der Waals surface area contributed by atoms with Crippen LogP contribution in [0.15, 0.2) is 85.2 Å². The zero-order valence-corrected chi connectivity index (χ0v) is 20.8. The van der Waals surface area contributed by atoms with Gasteiger partial charge in [0.25, 0.3) is 0 Å². The maximum Gasteiger partial charge on any atom is 0.225 e. The van der Waals surface area contributed by atoms with Crippen LogP contribution in [0, 0.1) is 18.6 Å². The largest absolute Gasteiger partial charge is 0.361 e. The van der Waals surface area contributed by atoms with Crippen molar-refractivity contribution in [1.29, 1.82) is 0 Å². The van der Waals surface area contributed by atoms with Crippen LogP contribution in [0.2, 0.25) is 5.02 Å². The molecule has 0 bridgehead atoms. The van der Waals surface area contributed by atoms with Gasteiger partial charge in [-0.1, -0.05) is 41.9 Å². The fraction of sp³-hybridized carbons (Fsp3) is 0.133. The number of hydrogen-bond donors (Lipinski definition) is 2. The number of pyridine rings is 1. The summed E-state index contributed by atoms with van der Waals surface area (Å²) >= 11 is 6.08. The highest BCUT2D eigenvalue weighted by Crippen LogP contribution is 2.30. The average molecular weight is 516 g/mol. The number of carbonyl (C=O) groups is 1. The van der Waals surface area contributed by atoms with Gasteiger partial charge in [0.15, 0.2) is 0 Å².